The summed E-state index contributed by atoms with van der Waals surface area (Å²) in [5.74, 6) is 1.49. The minimum atomic E-state index is 0.511. The van der Waals surface area contributed by atoms with Crippen LogP contribution in [-0.2, 0) is 19.5 Å². The Bertz CT molecular complexity index is 469. The van der Waals surface area contributed by atoms with E-state index in [1.807, 2.05) is 17.8 Å². The summed E-state index contributed by atoms with van der Waals surface area (Å²) >= 11 is 0. The van der Waals surface area contributed by atoms with Crippen LogP contribution in [0, 0.1) is 0 Å². The van der Waals surface area contributed by atoms with Crippen LogP contribution >= 0.6 is 0 Å². The number of rotatable bonds is 4. The third-order valence-corrected chi connectivity index (χ3v) is 2.64. The molecule has 0 aliphatic rings. The molecular formula is C10H16N6. The van der Waals surface area contributed by atoms with Crippen LogP contribution < -0.4 is 5.73 Å². The lowest BCUT2D eigenvalue weighted by Crippen LogP contribution is -2.11. The zero-order valence-electron chi connectivity index (χ0n) is 9.59. The molecule has 0 aliphatic heterocycles. The number of aryl methyl sites for hydroxylation is 1. The molecule has 6 nitrogen and oxygen atoms in total. The summed E-state index contributed by atoms with van der Waals surface area (Å²) in [6.07, 6.45) is 4.58. The van der Waals surface area contributed by atoms with E-state index in [1.54, 1.807) is 6.20 Å². The van der Waals surface area contributed by atoms with Crippen molar-refractivity contribution >= 4 is 5.82 Å². The smallest absolute Gasteiger partial charge is 0.169 e. The molecule has 2 aromatic heterocycles. The van der Waals surface area contributed by atoms with Gasteiger partial charge in [0.25, 0.3) is 0 Å². The van der Waals surface area contributed by atoms with Crippen LogP contribution in [0.4, 0.5) is 5.82 Å². The van der Waals surface area contributed by atoms with Gasteiger partial charge in [-0.05, 0) is 13.3 Å². The second-order valence-corrected chi connectivity index (χ2v) is 3.56. The van der Waals surface area contributed by atoms with Gasteiger partial charge in [-0.15, -0.1) is 5.10 Å². The Morgan fingerprint density at radius 1 is 1.38 bits per heavy atom. The Kier molecular flexibility index (Phi) is 2.89. The van der Waals surface area contributed by atoms with Gasteiger partial charge in [0.15, 0.2) is 5.82 Å². The van der Waals surface area contributed by atoms with Gasteiger partial charge in [-0.1, -0.05) is 12.1 Å². The molecule has 16 heavy (non-hydrogen) atoms. The molecule has 0 bridgehead atoms. The highest BCUT2D eigenvalue weighted by Gasteiger charge is 2.10. The van der Waals surface area contributed by atoms with E-state index in [2.05, 4.69) is 26.8 Å². The Morgan fingerprint density at radius 3 is 2.88 bits per heavy atom. The highest BCUT2D eigenvalue weighted by molar-refractivity contribution is 5.32. The zero-order valence-corrected chi connectivity index (χ0v) is 9.59. The van der Waals surface area contributed by atoms with Crippen molar-refractivity contribution in [2.24, 2.45) is 0 Å². The van der Waals surface area contributed by atoms with Gasteiger partial charge in [0.1, 0.15) is 12.4 Å². The summed E-state index contributed by atoms with van der Waals surface area (Å²) in [5.41, 5.74) is 6.69. The molecular weight excluding hydrogens is 204 g/mol. The van der Waals surface area contributed by atoms with Crippen LogP contribution in [0.1, 0.15) is 25.4 Å². The lowest BCUT2D eigenvalue weighted by Gasteiger charge is -2.06. The standard InChI is InChI=1S/C10H16N6/c1-3-8-10(11)13-14-16(8)7-9-12-5-6-15(9)4-2/h5-6H,3-4,7,11H2,1-2H3. The molecule has 0 aliphatic carbocycles. The summed E-state index contributed by atoms with van der Waals surface area (Å²) in [7, 11) is 0. The van der Waals surface area contributed by atoms with Crippen molar-refractivity contribution in [3.8, 4) is 0 Å². The van der Waals surface area contributed by atoms with E-state index in [-0.39, 0.29) is 0 Å². The molecule has 0 radical (unpaired) electrons. The van der Waals surface area contributed by atoms with Crippen LogP contribution in [0.5, 0.6) is 0 Å². The number of nitrogen functional groups attached to an aromatic ring is 1. The van der Waals surface area contributed by atoms with Crippen molar-refractivity contribution in [1.29, 1.82) is 0 Å². The van der Waals surface area contributed by atoms with Gasteiger partial charge in [-0.3, -0.25) is 0 Å². The molecule has 0 saturated carbocycles. The average Bonchev–Trinajstić information content (AvgIpc) is 2.86. The highest BCUT2D eigenvalue weighted by Crippen LogP contribution is 2.10. The van der Waals surface area contributed by atoms with E-state index < -0.39 is 0 Å². The SMILES string of the molecule is CCc1c(N)nnn1Cc1nccn1CC. The fraction of sp³-hybridized carbons (Fsp3) is 0.500. The quantitative estimate of drug-likeness (QED) is 0.822. The first kappa shape index (κ1) is 10.7. The summed E-state index contributed by atoms with van der Waals surface area (Å²) in [6.45, 7) is 5.65. The molecule has 0 saturated heterocycles. The summed E-state index contributed by atoms with van der Waals surface area (Å²) in [5, 5.41) is 7.90. The van der Waals surface area contributed by atoms with E-state index in [0.717, 1.165) is 24.5 Å². The molecule has 2 aromatic rings. The van der Waals surface area contributed by atoms with E-state index >= 15 is 0 Å². The van der Waals surface area contributed by atoms with Gasteiger partial charge in [-0.2, -0.15) is 0 Å². The van der Waals surface area contributed by atoms with Crippen molar-refractivity contribution in [2.75, 3.05) is 5.73 Å². The van der Waals surface area contributed by atoms with Crippen molar-refractivity contribution in [1.82, 2.24) is 24.5 Å². The van der Waals surface area contributed by atoms with E-state index in [9.17, 15) is 0 Å². The first-order chi connectivity index (χ1) is 7.76. The zero-order chi connectivity index (χ0) is 11.5. The van der Waals surface area contributed by atoms with Crippen molar-refractivity contribution in [3.63, 3.8) is 0 Å². The molecule has 0 amide bonds. The molecule has 2 rings (SSSR count). The van der Waals surface area contributed by atoms with Crippen LogP contribution in [0.25, 0.3) is 0 Å². The maximum Gasteiger partial charge on any atom is 0.169 e. The lowest BCUT2D eigenvalue weighted by molar-refractivity contribution is 0.571. The molecule has 0 fully saturated rings. The topological polar surface area (TPSA) is 74.6 Å². The number of anilines is 1. The third-order valence-electron chi connectivity index (χ3n) is 2.64. The molecule has 0 unspecified atom stereocenters. The van der Waals surface area contributed by atoms with E-state index in [0.29, 0.717) is 12.4 Å². The van der Waals surface area contributed by atoms with Gasteiger partial charge in [0, 0.05) is 18.9 Å². The molecule has 0 atom stereocenters. The largest absolute Gasteiger partial charge is 0.381 e. The van der Waals surface area contributed by atoms with E-state index in [4.69, 9.17) is 5.73 Å². The Morgan fingerprint density at radius 2 is 2.19 bits per heavy atom. The maximum atomic E-state index is 5.73. The fourth-order valence-corrected chi connectivity index (χ4v) is 1.75. The molecule has 2 heterocycles. The Labute approximate surface area is 94.1 Å². The predicted octanol–water partition coefficient (Wildman–Crippen LogP) is 0.687. The lowest BCUT2D eigenvalue weighted by atomic mass is 10.3. The molecule has 86 valence electrons. The minimum absolute atomic E-state index is 0.511. The number of aromatic nitrogens is 5. The second kappa shape index (κ2) is 4.34. The Balaban J connectivity index is 2.26. The Hall–Kier alpha value is -1.85. The maximum absolute atomic E-state index is 5.73. The van der Waals surface area contributed by atoms with Crippen molar-refractivity contribution in [3.05, 3.63) is 23.9 Å². The predicted molar refractivity (Wildman–Crippen MR) is 60.8 cm³/mol. The van der Waals surface area contributed by atoms with Gasteiger partial charge in [0.05, 0.1) is 5.69 Å². The molecule has 0 spiro atoms. The number of nitrogens with zero attached hydrogens (tertiary/aromatic N) is 5. The van der Waals surface area contributed by atoms with Crippen molar-refractivity contribution < 1.29 is 0 Å². The van der Waals surface area contributed by atoms with Gasteiger partial charge in [-0.25, -0.2) is 9.67 Å². The summed E-state index contributed by atoms with van der Waals surface area (Å²) in [6, 6.07) is 0. The van der Waals surface area contributed by atoms with Gasteiger partial charge >= 0.3 is 0 Å². The van der Waals surface area contributed by atoms with Crippen LogP contribution in [0.2, 0.25) is 0 Å². The minimum Gasteiger partial charge on any atom is -0.381 e. The third kappa shape index (κ3) is 1.78. The normalized spacial score (nSPS) is 10.9. The van der Waals surface area contributed by atoms with Crippen LogP contribution in [0.15, 0.2) is 12.4 Å². The van der Waals surface area contributed by atoms with Gasteiger partial charge < -0.3 is 10.3 Å². The summed E-state index contributed by atoms with van der Waals surface area (Å²) in [4.78, 5) is 4.30. The van der Waals surface area contributed by atoms with Crippen LogP contribution in [0.3, 0.4) is 0 Å². The molecule has 2 N–H and O–H groups in total. The number of hydrogen-bond donors (Lipinski definition) is 1. The second-order valence-electron chi connectivity index (χ2n) is 3.56. The average molecular weight is 220 g/mol. The molecule has 6 heteroatoms. The molecule has 0 aromatic carbocycles. The highest BCUT2D eigenvalue weighted by atomic mass is 15.4. The van der Waals surface area contributed by atoms with Crippen molar-refractivity contribution in [2.45, 2.75) is 33.4 Å². The number of hydrogen-bond acceptors (Lipinski definition) is 4. The fourth-order valence-electron chi connectivity index (χ4n) is 1.75. The van der Waals surface area contributed by atoms with E-state index in [1.165, 1.54) is 0 Å². The number of imidazole rings is 1. The number of nitrogens with two attached hydrogens (primary N) is 1. The monoisotopic (exact) mass is 220 g/mol. The first-order valence-electron chi connectivity index (χ1n) is 5.44. The summed E-state index contributed by atoms with van der Waals surface area (Å²) < 4.78 is 3.89. The van der Waals surface area contributed by atoms with Crippen LogP contribution in [-0.4, -0.2) is 24.5 Å². The first-order valence-corrected chi connectivity index (χ1v) is 5.44. The van der Waals surface area contributed by atoms with Gasteiger partial charge in [0.2, 0.25) is 0 Å².